The second-order valence-electron chi connectivity index (χ2n) is 8.34. The van der Waals surface area contributed by atoms with Gasteiger partial charge in [-0.3, -0.25) is 9.36 Å². The number of aromatic nitrogens is 2. The number of carbonyl (C=O) groups is 1. The maximum absolute atomic E-state index is 13.1. The van der Waals surface area contributed by atoms with E-state index in [1.54, 1.807) is 47.0 Å². The highest BCUT2D eigenvalue weighted by Gasteiger charge is 2.21. The fourth-order valence-electron chi connectivity index (χ4n) is 3.89. The van der Waals surface area contributed by atoms with Crippen molar-refractivity contribution in [2.45, 2.75) is 38.8 Å². The molecule has 0 saturated carbocycles. The summed E-state index contributed by atoms with van der Waals surface area (Å²) in [5.41, 5.74) is 2.98. The number of hydrogen-bond donors (Lipinski definition) is 1. The van der Waals surface area contributed by atoms with Gasteiger partial charge in [-0.25, -0.2) is 9.78 Å². The summed E-state index contributed by atoms with van der Waals surface area (Å²) in [6, 6.07) is 27.3. The van der Waals surface area contributed by atoms with Crippen LogP contribution in [0.2, 0.25) is 0 Å². The van der Waals surface area contributed by atoms with Crippen molar-refractivity contribution in [2.75, 3.05) is 0 Å². The number of aliphatic carboxylic acids is 1. The van der Waals surface area contributed by atoms with Gasteiger partial charge >= 0.3 is 5.97 Å². The smallest absolute Gasteiger partial charge is 0.349 e. The zero-order valence-corrected chi connectivity index (χ0v) is 19.6. The molecule has 0 spiro atoms. The number of nitrogens with zero attached hydrogens (tertiary/aromatic N) is 2. The molecule has 1 heterocycles. The Hall–Kier alpha value is -4.19. The molecule has 1 atom stereocenters. The molecule has 1 N–H and O–H groups in total. The van der Waals surface area contributed by atoms with Crippen LogP contribution < -0.4 is 10.3 Å². The summed E-state index contributed by atoms with van der Waals surface area (Å²) in [5, 5.41) is 9.60. The Morgan fingerprint density at radius 3 is 2.26 bits per heavy atom. The summed E-state index contributed by atoms with van der Waals surface area (Å²) in [4.78, 5) is 29.6. The normalized spacial score (nSPS) is 11.7. The molecule has 35 heavy (non-hydrogen) atoms. The first-order valence-electron chi connectivity index (χ1n) is 11.7. The summed E-state index contributed by atoms with van der Waals surface area (Å²) in [6.07, 6.45) is 1.56. The fourth-order valence-corrected chi connectivity index (χ4v) is 3.89. The number of hydrogen-bond acceptors (Lipinski definition) is 4. The minimum atomic E-state index is -1.10. The van der Waals surface area contributed by atoms with Gasteiger partial charge in [-0.05, 0) is 24.1 Å². The van der Waals surface area contributed by atoms with Gasteiger partial charge < -0.3 is 9.84 Å². The third kappa shape index (κ3) is 6.03. The molecule has 0 aliphatic rings. The zero-order chi connectivity index (χ0) is 24.6. The van der Waals surface area contributed by atoms with Gasteiger partial charge in [0.05, 0.1) is 12.2 Å². The summed E-state index contributed by atoms with van der Waals surface area (Å²) >= 11 is 0. The second kappa shape index (κ2) is 11.3. The fraction of sp³-hybridized carbons (Fsp3) is 0.207. The van der Waals surface area contributed by atoms with E-state index < -0.39 is 12.1 Å². The van der Waals surface area contributed by atoms with Crippen molar-refractivity contribution in [3.8, 4) is 17.0 Å². The van der Waals surface area contributed by atoms with Crippen molar-refractivity contribution in [1.29, 1.82) is 0 Å². The van der Waals surface area contributed by atoms with E-state index in [0.29, 0.717) is 30.0 Å². The molecule has 0 radical (unpaired) electrons. The Bertz CT molecular complexity index is 1320. The highest BCUT2D eigenvalue weighted by molar-refractivity contribution is 5.74. The van der Waals surface area contributed by atoms with Gasteiger partial charge in [0, 0.05) is 23.6 Å². The van der Waals surface area contributed by atoms with E-state index in [-0.39, 0.29) is 5.56 Å². The Morgan fingerprint density at radius 2 is 1.63 bits per heavy atom. The number of carboxylic acid groups (broad SMARTS) is 1. The zero-order valence-electron chi connectivity index (χ0n) is 19.6. The summed E-state index contributed by atoms with van der Waals surface area (Å²) in [7, 11) is 0. The molecule has 0 saturated heterocycles. The van der Waals surface area contributed by atoms with Crippen LogP contribution in [0.4, 0.5) is 0 Å². The summed E-state index contributed by atoms with van der Waals surface area (Å²) in [6.45, 7) is 2.49. The molecular weight excluding hydrogens is 440 g/mol. The minimum Gasteiger partial charge on any atom is -0.478 e. The van der Waals surface area contributed by atoms with E-state index in [1.165, 1.54) is 0 Å². The molecule has 6 nitrogen and oxygen atoms in total. The minimum absolute atomic E-state index is 0.0969. The molecule has 4 aromatic rings. The number of aryl methyl sites for hydroxylation is 1. The topological polar surface area (TPSA) is 81.4 Å². The van der Waals surface area contributed by atoms with Gasteiger partial charge in [0.15, 0.2) is 0 Å². The number of rotatable bonds is 10. The monoisotopic (exact) mass is 468 g/mol. The lowest BCUT2D eigenvalue weighted by atomic mass is 10.1. The largest absolute Gasteiger partial charge is 0.478 e. The van der Waals surface area contributed by atoms with Crippen molar-refractivity contribution in [1.82, 2.24) is 9.55 Å². The summed E-state index contributed by atoms with van der Waals surface area (Å²) in [5.74, 6) is 0.145. The highest BCUT2D eigenvalue weighted by Crippen LogP contribution is 2.23. The number of benzene rings is 3. The lowest BCUT2D eigenvalue weighted by Gasteiger charge is -2.16. The van der Waals surface area contributed by atoms with E-state index in [0.717, 1.165) is 29.8 Å². The standard InChI is InChI=1S/C29H28N2O4/c1-2-3-14-26-30-25(22-10-6-4-7-11-22)19-27(32)31(26)20-21-15-17-24(18-16-21)35-28(29(33)34)23-12-8-5-9-13-23/h4-13,15-19,28H,2-3,14,20H2,1H3,(H,33,34). The second-order valence-corrected chi connectivity index (χ2v) is 8.34. The molecule has 0 bridgehead atoms. The van der Waals surface area contributed by atoms with Crippen LogP contribution in [0.1, 0.15) is 42.8 Å². The van der Waals surface area contributed by atoms with Crippen molar-refractivity contribution >= 4 is 5.97 Å². The lowest BCUT2D eigenvalue weighted by molar-refractivity contribution is -0.145. The molecule has 0 amide bonds. The van der Waals surface area contributed by atoms with E-state index in [4.69, 9.17) is 9.72 Å². The maximum Gasteiger partial charge on any atom is 0.349 e. The van der Waals surface area contributed by atoms with Crippen LogP contribution >= 0.6 is 0 Å². The molecule has 6 heteroatoms. The van der Waals surface area contributed by atoms with E-state index >= 15 is 0 Å². The van der Waals surface area contributed by atoms with E-state index in [1.807, 2.05) is 48.5 Å². The molecule has 1 unspecified atom stereocenters. The van der Waals surface area contributed by atoms with Crippen molar-refractivity contribution < 1.29 is 14.6 Å². The quantitative estimate of drug-likeness (QED) is 0.332. The Labute approximate surface area is 204 Å². The predicted octanol–water partition coefficient (Wildman–Crippen LogP) is 5.51. The van der Waals surface area contributed by atoms with Crippen LogP contribution in [0, 0.1) is 0 Å². The van der Waals surface area contributed by atoms with E-state index in [2.05, 4.69) is 6.92 Å². The molecule has 1 aromatic heterocycles. The first-order valence-corrected chi connectivity index (χ1v) is 11.7. The number of unbranched alkanes of at least 4 members (excludes halogenated alkanes) is 1. The van der Waals surface area contributed by atoms with E-state index in [9.17, 15) is 14.7 Å². The van der Waals surface area contributed by atoms with Crippen LogP contribution in [0.5, 0.6) is 5.75 Å². The SMILES string of the molecule is CCCCc1nc(-c2ccccc2)cc(=O)n1Cc1ccc(OC(C(=O)O)c2ccccc2)cc1. The average Bonchev–Trinajstić information content (AvgIpc) is 2.89. The summed E-state index contributed by atoms with van der Waals surface area (Å²) < 4.78 is 7.46. The predicted molar refractivity (Wildman–Crippen MR) is 136 cm³/mol. The van der Waals surface area contributed by atoms with Crippen LogP contribution in [0.25, 0.3) is 11.3 Å². The van der Waals surface area contributed by atoms with Gasteiger partial charge in [0.25, 0.3) is 5.56 Å². The van der Waals surface area contributed by atoms with Gasteiger partial charge in [-0.2, -0.15) is 0 Å². The van der Waals surface area contributed by atoms with Crippen molar-refractivity contribution in [3.05, 3.63) is 118 Å². The molecular formula is C29H28N2O4. The van der Waals surface area contributed by atoms with Gasteiger partial charge in [-0.1, -0.05) is 86.1 Å². The van der Waals surface area contributed by atoms with Crippen molar-refractivity contribution in [2.24, 2.45) is 0 Å². The van der Waals surface area contributed by atoms with Crippen molar-refractivity contribution in [3.63, 3.8) is 0 Å². The molecule has 3 aromatic carbocycles. The van der Waals surface area contributed by atoms with Crippen LogP contribution in [0.15, 0.2) is 95.8 Å². The Balaban J connectivity index is 1.57. The van der Waals surface area contributed by atoms with Gasteiger partial charge in [0.1, 0.15) is 11.6 Å². The van der Waals surface area contributed by atoms with Crippen LogP contribution in [0.3, 0.4) is 0 Å². The lowest BCUT2D eigenvalue weighted by Crippen LogP contribution is -2.25. The Kier molecular flexibility index (Phi) is 7.73. The maximum atomic E-state index is 13.1. The van der Waals surface area contributed by atoms with Gasteiger partial charge in [-0.15, -0.1) is 0 Å². The molecule has 0 fully saturated rings. The third-order valence-electron chi connectivity index (χ3n) is 5.76. The van der Waals surface area contributed by atoms with Gasteiger partial charge in [0.2, 0.25) is 6.10 Å². The molecule has 0 aliphatic carbocycles. The van der Waals surface area contributed by atoms with Crippen LogP contribution in [-0.4, -0.2) is 20.6 Å². The first-order chi connectivity index (χ1) is 17.0. The molecule has 178 valence electrons. The first kappa shape index (κ1) is 24.0. The Morgan fingerprint density at radius 1 is 0.971 bits per heavy atom. The van der Waals surface area contributed by atoms with Crippen LogP contribution in [-0.2, 0) is 17.8 Å². The average molecular weight is 469 g/mol. The third-order valence-corrected chi connectivity index (χ3v) is 5.76. The molecule has 0 aliphatic heterocycles. The number of carboxylic acids is 1. The number of ether oxygens (including phenoxy) is 1. The highest BCUT2D eigenvalue weighted by atomic mass is 16.5. The molecule has 4 rings (SSSR count).